The van der Waals surface area contributed by atoms with Crippen LogP contribution in [0.1, 0.15) is 21.5 Å². The number of nitriles is 1. The SMILES string of the molecule is COc1ccc(-c2cc(C#N)cc(OC)c2C(=O)c2csc3ccccc23)cc1. The van der Waals surface area contributed by atoms with Gasteiger partial charge in [0.15, 0.2) is 5.78 Å². The molecule has 0 aliphatic heterocycles. The van der Waals surface area contributed by atoms with E-state index in [1.807, 2.05) is 53.9 Å². The molecule has 0 saturated carbocycles. The van der Waals surface area contributed by atoms with Gasteiger partial charge in [0.25, 0.3) is 0 Å². The lowest BCUT2D eigenvalue weighted by Crippen LogP contribution is -2.06. The van der Waals surface area contributed by atoms with Gasteiger partial charge in [-0.2, -0.15) is 5.26 Å². The van der Waals surface area contributed by atoms with E-state index in [1.165, 1.54) is 18.4 Å². The first-order valence-electron chi connectivity index (χ1n) is 8.93. The van der Waals surface area contributed by atoms with Gasteiger partial charge in [-0.1, -0.05) is 30.3 Å². The molecule has 1 heterocycles. The van der Waals surface area contributed by atoms with Crippen molar-refractivity contribution in [3.05, 3.63) is 82.7 Å². The van der Waals surface area contributed by atoms with Crippen molar-refractivity contribution >= 4 is 27.2 Å². The van der Waals surface area contributed by atoms with Gasteiger partial charge < -0.3 is 9.47 Å². The van der Waals surface area contributed by atoms with Crippen molar-refractivity contribution in [3.63, 3.8) is 0 Å². The maximum atomic E-state index is 13.6. The minimum absolute atomic E-state index is 0.130. The average Bonchev–Trinajstić information content (AvgIpc) is 3.22. The second kappa shape index (κ2) is 7.78. The summed E-state index contributed by atoms with van der Waals surface area (Å²) in [4.78, 5) is 13.6. The Morgan fingerprint density at radius 3 is 2.45 bits per heavy atom. The summed E-state index contributed by atoms with van der Waals surface area (Å²) in [7, 11) is 3.11. The van der Waals surface area contributed by atoms with Crippen LogP contribution in [0.3, 0.4) is 0 Å². The molecule has 0 fully saturated rings. The van der Waals surface area contributed by atoms with Crippen LogP contribution < -0.4 is 9.47 Å². The van der Waals surface area contributed by atoms with Gasteiger partial charge >= 0.3 is 0 Å². The third-order valence-corrected chi connectivity index (χ3v) is 5.77. The zero-order chi connectivity index (χ0) is 20.4. The van der Waals surface area contributed by atoms with Crippen LogP contribution in [0.25, 0.3) is 21.2 Å². The molecule has 0 radical (unpaired) electrons. The van der Waals surface area contributed by atoms with Crippen molar-refractivity contribution in [1.29, 1.82) is 5.26 Å². The number of fused-ring (bicyclic) bond motifs is 1. The molecule has 4 rings (SSSR count). The Bertz CT molecular complexity index is 1250. The molecule has 4 aromatic rings. The number of carbonyl (C=O) groups excluding carboxylic acids is 1. The Labute approximate surface area is 172 Å². The summed E-state index contributed by atoms with van der Waals surface area (Å²) >= 11 is 1.53. The molecule has 1 aromatic heterocycles. The van der Waals surface area contributed by atoms with E-state index in [0.717, 1.165) is 15.6 Å². The van der Waals surface area contributed by atoms with Crippen molar-refractivity contribution in [3.8, 4) is 28.7 Å². The molecule has 5 heteroatoms. The number of hydrogen-bond acceptors (Lipinski definition) is 5. The van der Waals surface area contributed by atoms with Crippen LogP contribution in [0.2, 0.25) is 0 Å². The van der Waals surface area contributed by atoms with E-state index in [0.29, 0.717) is 33.8 Å². The molecular weight excluding hydrogens is 382 g/mol. The monoisotopic (exact) mass is 399 g/mol. The van der Waals surface area contributed by atoms with Crippen LogP contribution in [0.15, 0.2) is 66.0 Å². The van der Waals surface area contributed by atoms with Gasteiger partial charge in [0.1, 0.15) is 11.5 Å². The lowest BCUT2D eigenvalue weighted by atomic mass is 9.91. The Morgan fingerprint density at radius 1 is 1.00 bits per heavy atom. The lowest BCUT2D eigenvalue weighted by molar-refractivity contribution is 0.103. The first-order chi connectivity index (χ1) is 14.2. The summed E-state index contributed by atoms with van der Waals surface area (Å²) in [5, 5.41) is 12.2. The molecular formula is C24H17NO3S. The van der Waals surface area contributed by atoms with E-state index >= 15 is 0 Å². The van der Waals surface area contributed by atoms with Crippen LogP contribution in [0.4, 0.5) is 0 Å². The van der Waals surface area contributed by atoms with Crippen LogP contribution in [0, 0.1) is 11.3 Å². The van der Waals surface area contributed by atoms with Gasteiger partial charge in [-0.3, -0.25) is 4.79 Å². The quantitative estimate of drug-likeness (QED) is 0.405. The predicted molar refractivity (Wildman–Crippen MR) is 115 cm³/mol. The van der Waals surface area contributed by atoms with E-state index in [4.69, 9.17) is 9.47 Å². The van der Waals surface area contributed by atoms with Crippen LogP contribution in [-0.4, -0.2) is 20.0 Å². The highest BCUT2D eigenvalue weighted by Crippen LogP contribution is 2.37. The van der Waals surface area contributed by atoms with Gasteiger partial charge in [0, 0.05) is 21.0 Å². The summed E-state index contributed by atoms with van der Waals surface area (Å²) in [5.74, 6) is 0.971. The number of ether oxygens (including phenoxy) is 2. The second-order valence-corrected chi connectivity index (χ2v) is 7.33. The molecule has 0 atom stereocenters. The molecule has 29 heavy (non-hydrogen) atoms. The van der Waals surface area contributed by atoms with Gasteiger partial charge in [0.2, 0.25) is 0 Å². The smallest absolute Gasteiger partial charge is 0.198 e. The molecule has 0 amide bonds. The van der Waals surface area contributed by atoms with Gasteiger partial charge in [0.05, 0.1) is 31.4 Å². The number of nitrogens with zero attached hydrogens (tertiary/aromatic N) is 1. The molecule has 0 saturated heterocycles. The number of carbonyl (C=O) groups is 1. The highest BCUT2D eigenvalue weighted by Gasteiger charge is 2.23. The second-order valence-electron chi connectivity index (χ2n) is 6.42. The Balaban J connectivity index is 1.95. The van der Waals surface area contributed by atoms with E-state index in [1.54, 1.807) is 19.2 Å². The third-order valence-electron chi connectivity index (χ3n) is 4.80. The van der Waals surface area contributed by atoms with Gasteiger partial charge in [-0.15, -0.1) is 11.3 Å². The number of methoxy groups -OCH3 is 2. The van der Waals surface area contributed by atoms with Crippen molar-refractivity contribution in [2.75, 3.05) is 14.2 Å². The standard InChI is InChI=1S/C24H17NO3S/c1-27-17-9-7-16(8-10-17)19-11-15(13-25)12-21(28-2)23(19)24(26)20-14-29-22-6-4-3-5-18(20)22/h3-12,14H,1-2H3. The van der Waals surface area contributed by atoms with Crippen LogP contribution >= 0.6 is 11.3 Å². The summed E-state index contributed by atoms with van der Waals surface area (Å²) < 4.78 is 11.8. The molecule has 0 aliphatic rings. The Hall–Kier alpha value is -3.62. The molecule has 0 aliphatic carbocycles. The Morgan fingerprint density at radius 2 is 1.76 bits per heavy atom. The topological polar surface area (TPSA) is 59.3 Å². The number of hydrogen-bond donors (Lipinski definition) is 0. The number of rotatable bonds is 5. The van der Waals surface area contributed by atoms with Crippen molar-refractivity contribution in [2.24, 2.45) is 0 Å². The normalized spacial score (nSPS) is 10.5. The number of ketones is 1. The fraction of sp³-hybridized carbons (Fsp3) is 0.0833. The average molecular weight is 399 g/mol. The maximum Gasteiger partial charge on any atom is 0.198 e. The van der Waals surface area contributed by atoms with Crippen LogP contribution in [0.5, 0.6) is 11.5 Å². The van der Waals surface area contributed by atoms with Gasteiger partial charge in [-0.05, 0) is 41.5 Å². The summed E-state index contributed by atoms with van der Waals surface area (Å²) in [6, 6.07) is 20.7. The number of benzene rings is 3. The van der Waals surface area contributed by atoms with Crippen molar-refractivity contribution in [1.82, 2.24) is 0 Å². The van der Waals surface area contributed by atoms with E-state index < -0.39 is 0 Å². The Kier molecular flexibility index (Phi) is 5.03. The lowest BCUT2D eigenvalue weighted by Gasteiger charge is -2.14. The summed E-state index contributed by atoms with van der Waals surface area (Å²) in [5.41, 5.74) is 2.97. The first kappa shape index (κ1) is 18.7. The summed E-state index contributed by atoms with van der Waals surface area (Å²) in [6.07, 6.45) is 0. The van der Waals surface area contributed by atoms with E-state index in [2.05, 4.69) is 6.07 Å². The fourth-order valence-electron chi connectivity index (χ4n) is 3.36. The zero-order valence-corrected chi connectivity index (χ0v) is 16.7. The van der Waals surface area contributed by atoms with E-state index in [-0.39, 0.29) is 5.78 Å². The summed E-state index contributed by atoms with van der Waals surface area (Å²) in [6.45, 7) is 0. The molecule has 0 unspecified atom stereocenters. The molecule has 0 N–H and O–H groups in total. The predicted octanol–water partition coefficient (Wildman–Crippen LogP) is 5.69. The number of thiophene rings is 1. The first-order valence-corrected chi connectivity index (χ1v) is 9.81. The minimum atomic E-state index is -0.130. The molecule has 0 bridgehead atoms. The third kappa shape index (κ3) is 3.35. The molecule has 142 valence electrons. The highest BCUT2D eigenvalue weighted by atomic mass is 32.1. The van der Waals surface area contributed by atoms with E-state index in [9.17, 15) is 10.1 Å². The van der Waals surface area contributed by atoms with Crippen LogP contribution in [-0.2, 0) is 0 Å². The molecule has 0 spiro atoms. The minimum Gasteiger partial charge on any atom is -0.497 e. The van der Waals surface area contributed by atoms with Crippen molar-refractivity contribution < 1.29 is 14.3 Å². The van der Waals surface area contributed by atoms with Gasteiger partial charge in [-0.25, -0.2) is 0 Å². The molecule has 3 aromatic carbocycles. The maximum absolute atomic E-state index is 13.6. The zero-order valence-electron chi connectivity index (χ0n) is 15.9. The van der Waals surface area contributed by atoms with Crippen molar-refractivity contribution in [2.45, 2.75) is 0 Å². The molecule has 4 nitrogen and oxygen atoms in total. The fourth-order valence-corrected chi connectivity index (χ4v) is 4.30. The highest BCUT2D eigenvalue weighted by molar-refractivity contribution is 7.17. The largest absolute Gasteiger partial charge is 0.497 e.